The first-order valence-corrected chi connectivity index (χ1v) is 9.77. The largest absolute Gasteiger partial charge is 0.394 e. The van der Waals surface area contributed by atoms with Gasteiger partial charge in [0.15, 0.2) is 18.9 Å². The molecule has 0 saturated carbocycles. The first-order valence-electron chi connectivity index (χ1n) is 9.77. The summed E-state index contributed by atoms with van der Waals surface area (Å²) < 4.78 is 27.4. The van der Waals surface area contributed by atoms with Gasteiger partial charge >= 0.3 is 0 Å². The van der Waals surface area contributed by atoms with E-state index in [0.717, 1.165) is 6.42 Å². The van der Waals surface area contributed by atoms with Gasteiger partial charge in [-0.2, -0.15) is 0 Å². The van der Waals surface area contributed by atoms with Gasteiger partial charge in [0.25, 0.3) is 0 Å². The van der Waals surface area contributed by atoms with Gasteiger partial charge in [-0.3, -0.25) is 0 Å². The molecule has 9 atom stereocenters. The van der Waals surface area contributed by atoms with E-state index >= 15 is 0 Å². The highest BCUT2D eigenvalue weighted by atomic mass is 16.8. The monoisotopic (exact) mass is 410 g/mol. The standard InChI is InChI=1S/C18H34O10/c1-9(2)15(16(23)28-18-14(22)13(21)12(7-19)27-18)25-8-10(3)26-17-11(20)5-4-6-24-17/h9-23H,4-8H2,1-3H3/t10?,11-,12?,13?,14?,15?,16+,17?,18?/m0/s1. The molecular formula is C18H34O10. The van der Waals surface area contributed by atoms with Crippen molar-refractivity contribution >= 4 is 0 Å². The van der Waals surface area contributed by atoms with E-state index in [-0.39, 0.29) is 12.5 Å². The maximum Gasteiger partial charge on any atom is 0.189 e. The molecule has 166 valence electrons. The van der Waals surface area contributed by atoms with Gasteiger partial charge < -0.3 is 49.2 Å². The lowest BCUT2D eigenvalue weighted by atomic mass is 10.1. The molecule has 2 aliphatic rings. The molecule has 0 spiro atoms. The summed E-state index contributed by atoms with van der Waals surface area (Å²) in [4.78, 5) is 0. The van der Waals surface area contributed by atoms with Crippen molar-refractivity contribution in [2.45, 2.75) is 89.1 Å². The van der Waals surface area contributed by atoms with E-state index in [2.05, 4.69) is 0 Å². The Morgan fingerprint density at radius 1 is 1.04 bits per heavy atom. The number of rotatable bonds is 10. The van der Waals surface area contributed by atoms with Crippen LogP contribution in [-0.4, -0.2) is 101 Å². The van der Waals surface area contributed by atoms with Crippen molar-refractivity contribution in [1.29, 1.82) is 0 Å². The Morgan fingerprint density at radius 3 is 2.32 bits per heavy atom. The van der Waals surface area contributed by atoms with Crippen LogP contribution in [0.1, 0.15) is 33.6 Å². The maximum absolute atomic E-state index is 10.4. The van der Waals surface area contributed by atoms with Crippen LogP contribution in [0.2, 0.25) is 0 Å². The van der Waals surface area contributed by atoms with Gasteiger partial charge in [-0.05, 0) is 25.7 Å². The Labute approximate surface area is 164 Å². The highest BCUT2D eigenvalue weighted by Crippen LogP contribution is 2.25. The minimum Gasteiger partial charge on any atom is -0.394 e. The maximum atomic E-state index is 10.4. The van der Waals surface area contributed by atoms with Crippen LogP contribution in [0.25, 0.3) is 0 Å². The van der Waals surface area contributed by atoms with Gasteiger partial charge in [0.2, 0.25) is 0 Å². The lowest BCUT2D eigenvalue weighted by Gasteiger charge is -2.32. The van der Waals surface area contributed by atoms with Gasteiger partial charge in [-0.1, -0.05) is 13.8 Å². The van der Waals surface area contributed by atoms with Crippen LogP contribution in [0.3, 0.4) is 0 Å². The Hall–Kier alpha value is -0.400. The predicted molar refractivity (Wildman–Crippen MR) is 95.0 cm³/mol. The molecule has 5 N–H and O–H groups in total. The molecule has 0 aromatic heterocycles. The third-order valence-corrected chi connectivity index (χ3v) is 4.84. The summed E-state index contributed by atoms with van der Waals surface area (Å²) in [7, 11) is 0. The molecule has 0 aromatic carbocycles. The molecule has 0 aromatic rings. The van der Waals surface area contributed by atoms with Crippen molar-refractivity contribution in [3.8, 4) is 0 Å². The minimum absolute atomic E-state index is 0.117. The average molecular weight is 410 g/mol. The minimum atomic E-state index is -1.44. The van der Waals surface area contributed by atoms with E-state index in [0.29, 0.717) is 13.0 Å². The zero-order chi connectivity index (χ0) is 20.8. The van der Waals surface area contributed by atoms with E-state index in [4.69, 9.17) is 28.8 Å². The second-order valence-electron chi connectivity index (χ2n) is 7.67. The van der Waals surface area contributed by atoms with Crippen molar-refractivity contribution in [3.63, 3.8) is 0 Å². The second kappa shape index (κ2) is 11.1. The quantitative estimate of drug-likeness (QED) is 0.275. The third kappa shape index (κ3) is 6.30. The molecule has 10 heteroatoms. The molecule has 0 amide bonds. The van der Waals surface area contributed by atoms with Crippen molar-refractivity contribution in [2.75, 3.05) is 19.8 Å². The lowest BCUT2D eigenvalue weighted by molar-refractivity contribution is -0.285. The molecule has 0 aliphatic carbocycles. The van der Waals surface area contributed by atoms with E-state index < -0.39 is 62.1 Å². The molecule has 2 aliphatic heterocycles. The van der Waals surface area contributed by atoms with Crippen molar-refractivity contribution in [3.05, 3.63) is 0 Å². The summed E-state index contributed by atoms with van der Waals surface area (Å²) in [6, 6.07) is 0. The molecule has 2 fully saturated rings. The fraction of sp³-hybridized carbons (Fsp3) is 1.00. The van der Waals surface area contributed by atoms with Crippen LogP contribution >= 0.6 is 0 Å². The van der Waals surface area contributed by atoms with E-state index in [9.17, 15) is 20.4 Å². The molecule has 2 rings (SSSR count). The van der Waals surface area contributed by atoms with Gasteiger partial charge in [-0.25, -0.2) is 0 Å². The number of aliphatic hydroxyl groups is 5. The van der Waals surface area contributed by atoms with Crippen LogP contribution in [0, 0.1) is 5.92 Å². The summed E-state index contributed by atoms with van der Waals surface area (Å²) in [6.45, 7) is 5.58. The van der Waals surface area contributed by atoms with Crippen LogP contribution in [-0.2, 0) is 23.7 Å². The summed E-state index contributed by atoms with van der Waals surface area (Å²) in [5, 5.41) is 49.1. The number of hydrogen-bond acceptors (Lipinski definition) is 10. The summed E-state index contributed by atoms with van der Waals surface area (Å²) >= 11 is 0. The van der Waals surface area contributed by atoms with E-state index in [1.807, 2.05) is 13.8 Å². The van der Waals surface area contributed by atoms with Gasteiger partial charge in [0.1, 0.15) is 30.5 Å². The average Bonchev–Trinajstić information content (AvgIpc) is 2.91. The Bertz CT molecular complexity index is 450. The third-order valence-electron chi connectivity index (χ3n) is 4.84. The smallest absolute Gasteiger partial charge is 0.189 e. The number of ether oxygens (including phenoxy) is 5. The molecule has 7 unspecified atom stereocenters. The fourth-order valence-corrected chi connectivity index (χ4v) is 3.18. The highest BCUT2D eigenvalue weighted by Gasteiger charge is 2.45. The van der Waals surface area contributed by atoms with Crippen LogP contribution in [0.5, 0.6) is 0 Å². The summed E-state index contributed by atoms with van der Waals surface area (Å²) in [5.74, 6) is -0.143. The van der Waals surface area contributed by atoms with Gasteiger partial charge in [0.05, 0.1) is 19.3 Å². The highest BCUT2D eigenvalue weighted by molar-refractivity contribution is 4.86. The van der Waals surface area contributed by atoms with Crippen molar-refractivity contribution in [2.24, 2.45) is 5.92 Å². The normalized spacial score (nSPS) is 37.2. The lowest BCUT2D eigenvalue weighted by Crippen LogP contribution is -2.44. The molecule has 2 heterocycles. The summed E-state index contributed by atoms with van der Waals surface area (Å²) in [5.41, 5.74) is 0. The number of hydrogen-bond donors (Lipinski definition) is 5. The topological polar surface area (TPSA) is 147 Å². The zero-order valence-electron chi connectivity index (χ0n) is 16.6. The fourth-order valence-electron chi connectivity index (χ4n) is 3.18. The first-order chi connectivity index (χ1) is 13.2. The molecule has 0 radical (unpaired) electrons. The molecule has 28 heavy (non-hydrogen) atoms. The van der Waals surface area contributed by atoms with Crippen LogP contribution in [0.15, 0.2) is 0 Å². The Morgan fingerprint density at radius 2 is 1.75 bits per heavy atom. The second-order valence-corrected chi connectivity index (χ2v) is 7.67. The SMILES string of the molecule is CC(COC(C(C)C)[C@H](O)OC1OC(CO)C(O)C1O)OC1OCCC[C@@H]1O. The van der Waals surface area contributed by atoms with E-state index in [1.165, 1.54) is 0 Å². The zero-order valence-corrected chi connectivity index (χ0v) is 16.6. The molecule has 0 bridgehead atoms. The Kier molecular flexibility index (Phi) is 9.48. The number of aliphatic hydroxyl groups excluding tert-OH is 5. The Balaban J connectivity index is 1.83. The predicted octanol–water partition coefficient (Wildman–Crippen LogP) is -1.30. The molecule has 2 saturated heterocycles. The molecule has 10 nitrogen and oxygen atoms in total. The van der Waals surface area contributed by atoms with Gasteiger partial charge in [0, 0.05) is 6.61 Å². The van der Waals surface area contributed by atoms with Gasteiger partial charge in [-0.15, -0.1) is 0 Å². The van der Waals surface area contributed by atoms with Crippen molar-refractivity contribution < 1.29 is 49.2 Å². The molecular weight excluding hydrogens is 376 g/mol. The summed E-state index contributed by atoms with van der Waals surface area (Å²) in [6.07, 6.45) is -7.56. The van der Waals surface area contributed by atoms with Crippen LogP contribution < -0.4 is 0 Å². The van der Waals surface area contributed by atoms with Crippen molar-refractivity contribution in [1.82, 2.24) is 0 Å². The van der Waals surface area contributed by atoms with Crippen LogP contribution in [0.4, 0.5) is 0 Å². The first kappa shape index (κ1) is 23.9. The van der Waals surface area contributed by atoms with E-state index in [1.54, 1.807) is 6.92 Å².